The largest absolute Gasteiger partial charge is 0.497 e. The first-order valence-electron chi connectivity index (χ1n) is 11.7. The lowest BCUT2D eigenvalue weighted by Gasteiger charge is -2.17. The Hall–Kier alpha value is -4.33. The lowest BCUT2D eigenvalue weighted by molar-refractivity contribution is -0.110. The van der Waals surface area contributed by atoms with E-state index in [0.29, 0.717) is 22.8 Å². The predicted octanol–water partition coefficient (Wildman–Crippen LogP) is 5.19. The zero-order valence-electron chi connectivity index (χ0n) is 20.6. The monoisotopic (exact) mass is 484 g/mol. The van der Waals surface area contributed by atoms with E-state index in [0.717, 1.165) is 46.2 Å². The fraction of sp³-hybridized carbons (Fsp3) is 0.250. The standard InChI is InChI=1S/C28H28N4O4/c1-16(34)17-6-9-24(26(12-17)36-4)30-27-20-8-5-18(11-25(20)31-32-27)22-14-28(22,15-33)21-13-19(35-3)7-10-23(21)29-2/h5-13,15,22,29H,14H2,1-4H3,(H2,30,31,32)/t22-,28-/m0/s1. The minimum absolute atomic E-state index is 0.0279. The van der Waals surface area contributed by atoms with Crippen molar-refractivity contribution in [3.63, 3.8) is 0 Å². The van der Waals surface area contributed by atoms with Crippen LogP contribution in [-0.4, -0.2) is 43.5 Å². The number of carbonyl (C=O) groups excluding carboxylic acids is 2. The predicted molar refractivity (Wildman–Crippen MR) is 140 cm³/mol. The Morgan fingerprint density at radius 1 is 1.08 bits per heavy atom. The number of H-pyrrole nitrogens is 1. The average Bonchev–Trinajstić information content (AvgIpc) is 3.54. The van der Waals surface area contributed by atoms with Crippen LogP contribution >= 0.6 is 0 Å². The molecule has 2 atom stereocenters. The summed E-state index contributed by atoms with van der Waals surface area (Å²) in [6.45, 7) is 1.52. The van der Waals surface area contributed by atoms with Crippen LogP contribution in [0.5, 0.6) is 11.5 Å². The first kappa shape index (κ1) is 23.4. The van der Waals surface area contributed by atoms with Crippen LogP contribution in [0, 0.1) is 0 Å². The molecule has 0 amide bonds. The fourth-order valence-electron chi connectivity index (χ4n) is 4.93. The van der Waals surface area contributed by atoms with Crippen LogP contribution in [0.4, 0.5) is 17.2 Å². The number of rotatable bonds is 9. The van der Waals surface area contributed by atoms with E-state index in [1.807, 2.05) is 37.4 Å². The second-order valence-electron chi connectivity index (χ2n) is 9.05. The lowest BCUT2D eigenvalue weighted by Crippen LogP contribution is -2.14. The third-order valence-electron chi connectivity index (χ3n) is 7.06. The molecule has 8 nitrogen and oxygen atoms in total. The minimum Gasteiger partial charge on any atom is -0.497 e. The van der Waals surface area contributed by atoms with Crippen molar-refractivity contribution in [3.05, 3.63) is 71.3 Å². The van der Waals surface area contributed by atoms with Gasteiger partial charge >= 0.3 is 0 Å². The fourth-order valence-corrected chi connectivity index (χ4v) is 4.93. The van der Waals surface area contributed by atoms with Crippen LogP contribution in [-0.2, 0) is 10.2 Å². The van der Waals surface area contributed by atoms with Crippen LogP contribution in [0.1, 0.15) is 40.7 Å². The molecule has 1 fully saturated rings. The number of nitrogens with one attached hydrogen (secondary N) is 3. The van der Waals surface area contributed by atoms with Crippen LogP contribution in [0.15, 0.2) is 54.6 Å². The highest BCUT2D eigenvalue weighted by molar-refractivity contribution is 5.96. The van der Waals surface area contributed by atoms with Crippen molar-refractivity contribution in [1.29, 1.82) is 0 Å². The van der Waals surface area contributed by atoms with Gasteiger partial charge in [-0.15, -0.1) is 0 Å². The Morgan fingerprint density at radius 3 is 2.58 bits per heavy atom. The average molecular weight is 485 g/mol. The minimum atomic E-state index is -0.604. The van der Waals surface area contributed by atoms with E-state index in [1.165, 1.54) is 6.92 Å². The Balaban J connectivity index is 1.45. The molecule has 5 rings (SSSR count). The molecular weight excluding hydrogens is 456 g/mol. The molecule has 36 heavy (non-hydrogen) atoms. The summed E-state index contributed by atoms with van der Waals surface area (Å²) < 4.78 is 10.9. The number of anilines is 3. The summed E-state index contributed by atoms with van der Waals surface area (Å²) in [5.41, 5.74) is 4.47. The number of carbonyl (C=O) groups is 2. The number of Topliss-reactive ketones (excluding diaryl/α,β-unsaturated/α-hetero) is 1. The van der Waals surface area contributed by atoms with Gasteiger partial charge in [0.1, 0.15) is 17.8 Å². The molecule has 184 valence electrons. The van der Waals surface area contributed by atoms with E-state index < -0.39 is 5.41 Å². The number of benzene rings is 3. The Labute approximate surface area is 209 Å². The smallest absolute Gasteiger partial charge is 0.160 e. The quantitative estimate of drug-likeness (QED) is 0.222. The number of methoxy groups -OCH3 is 2. The van der Waals surface area contributed by atoms with Gasteiger partial charge in [-0.1, -0.05) is 6.07 Å². The summed E-state index contributed by atoms with van der Waals surface area (Å²) in [5.74, 6) is 1.95. The van der Waals surface area contributed by atoms with Gasteiger partial charge in [-0.05, 0) is 73.0 Å². The molecule has 0 aliphatic heterocycles. The number of hydrogen-bond donors (Lipinski definition) is 3. The number of ketones is 1. The molecule has 1 heterocycles. The van der Waals surface area contributed by atoms with Gasteiger partial charge in [0, 0.05) is 29.6 Å². The molecular formula is C28H28N4O4. The van der Waals surface area contributed by atoms with E-state index in [9.17, 15) is 9.59 Å². The van der Waals surface area contributed by atoms with Gasteiger partial charge in [-0.2, -0.15) is 5.10 Å². The molecule has 0 bridgehead atoms. The molecule has 1 aliphatic carbocycles. The van der Waals surface area contributed by atoms with Crippen molar-refractivity contribution in [1.82, 2.24) is 10.2 Å². The van der Waals surface area contributed by atoms with Crippen LogP contribution in [0.2, 0.25) is 0 Å². The molecule has 1 aliphatic rings. The third kappa shape index (κ3) is 3.84. The van der Waals surface area contributed by atoms with Gasteiger partial charge < -0.3 is 24.9 Å². The van der Waals surface area contributed by atoms with Crippen molar-refractivity contribution >= 4 is 40.2 Å². The van der Waals surface area contributed by atoms with Gasteiger partial charge in [-0.25, -0.2) is 0 Å². The number of ether oxygens (including phenoxy) is 2. The molecule has 3 N–H and O–H groups in total. The first-order valence-corrected chi connectivity index (χ1v) is 11.7. The van der Waals surface area contributed by atoms with Crippen molar-refractivity contribution in [2.45, 2.75) is 24.7 Å². The van der Waals surface area contributed by atoms with Gasteiger partial charge in [0.25, 0.3) is 0 Å². The number of aldehydes is 1. The van der Waals surface area contributed by atoms with E-state index in [-0.39, 0.29) is 11.7 Å². The van der Waals surface area contributed by atoms with Gasteiger partial charge in [0.2, 0.25) is 0 Å². The molecule has 0 radical (unpaired) electrons. The van der Waals surface area contributed by atoms with Crippen molar-refractivity contribution in [3.8, 4) is 11.5 Å². The van der Waals surface area contributed by atoms with E-state index in [2.05, 4.69) is 26.9 Å². The molecule has 0 saturated heterocycles. The Kier molecular flexibility index (Phi) is 5.88. The van der Waals surface area contributed by atoms with Crippen molar-refractivity contribution in [2.24, 2.45) is 0 Å². The summed E-state index contributed by atoms with van der Waals surface area (Å²) in [6.07, 6.45) is 1.79. The van der Waals surface area contributed by atoms with Crippen LogP contribution < -0.4 is 20.1 Å². The summed E-state index contributed by atoms with van der Waals surface area (Å²) in [4.78, 5) is 24.1. The molecule has 0 spiro atoms. The SMILES string of the molecule is CNc1ccc(OC)cc1[C@@]1(C=O)C[C@H]1c1ccc2c(Nc3ccc(C(C)=O)cc3OC)n[nH]c2c1. The second-order valence-corrected chi connectivity index (χ2v) is 9.05. The normalized spacial score (nSPS) is 18.5. The maximum atomic E-state index is 12.4. The van der Waals surface area contributed by atoms with Crippen LogP contribution in [0.25, 0.3) is 10.9 Å². The number of hydrogen-bond acceptors (Lipinski definition) is 7. The maximum absolute atomic E-state index is 12.4. The molecule has 3 aromatic carbocycles. The van der Waals surface area contributed by atoms with E-state index in [1.54, 1.807) is 32.4 Å². The number of fused-ring (bicyclic) bond motifs is 1. The van der Waals surface area contributed by atoms with Crippen molar-refractivity contribution < 1.29 is 19.1 Å². The topological polar surface area (TPSA) is 105 Å². The van der Waals surface area contributed by atoms with Crippen LogP contribution in [0.3, 0.4) is 0 Å². The summed E-state index contributed by atoms with van der Waals surface area (Å²) in [6, 6.07) is 17.2. The van der Waals surface area contributed by atoms with Crippen molar-refractivity contribution in [2.75, 3.05) is 31.9 Å². The van der Waals surface area contributed by atoms with Gasteiger partial charge in [0.05, 0.1) is 30.8 Å². The van der Waals surface area contributed by atoms with Gasteiger partial charge in [-0.3, -0.25) is 9.89 Å². The first-order chi connectivity index (χ1) is 17.4. The zero-order valence-corrected chi connectivity index (χ0v) is 20.6. The highest BCUT2D eigenvalue weighted by Crippen LogP contribution is 2.61. The summed E-state index contributed by atoms with van der Waals surface area (Å²) in [5, 5.41) is 15.0. The molecule has 1 saturated carbocycles. The van der Waals surface area contributed by atoms with E-state index in [4.69, 9.17) is 9.47 Å². The van der Waals surface area contributed by atoms with E-state index >= 15 is 0 Å². The highest BCUT2D eigenvalue weighted by Gasteiger charge is 2.57. The Morgan fingerprint density at radius 2 is 1.89 bits per heavy atom. The lowest BCUT2D eigenvalue weighted by atomic mass is 9.90. The number of aromatic amines is 1. The Bertz CT molecular complexity index is 1480. The molecule has 0 unspecified atom stereocenters. The number of nitrogens with zero attached hydrogens (tertiary/aromatic N) is 1. The van der Waals surface area contributed by atoms with Gasteiger partial charge in [0.15, 0.2) is 11.6 Å². The third-order valence-corrected chi connectivity index (χ3v) is 7.06. The number of aromatic nitrogens is 2. The second kappa shape index (κ2) is 9.03. The zero-order chi connectivity index (χ0) is 25.4. The summed E-state index contributed by atoms with van der Waals surface area (Å²) in [7, 11) is 5.05. The molecule has 1 aromatic heterocycles. The molecule has 8 heteroatoms. The highest BCUT2D eigenvalue weighted by atomic mass is 16.5. The molecule has 4 aromatic rings. The maximum Gasteiger partial charge on any atom is 0.160 e. The summed E-state index contributed by atoms with van der Waals surface area (Å²) >= 11 is 0.